The van der Waals surface area contributed by atoms with E-state index >= 15 is 0 Å². The van der Waals surface area contributed by atoms with Crippen molar-refractivity contribution >= 4 is 11.7 Å². The highest BCUT2D eigenvalue weighted by Gasteiger charge is 2.43. The summed E-state index contributed by atoms with van der Waals surface area (Å²) in [7, 11) is 0. The average molecular weight is 426 g/mol. The lowest BCUT2D eigenvalue weighted by molar-refractivity contribution is -0.253. The number of alkyl halides is 4. The number of Topliss-reactive ketones (excluding diaryl/α,β-unsaturated/α-hetero) is 1. The molecule has 2 aromatic rings. The summed E-state index contributed by atoms with van der Waals surface area (Å²) in [6.07, 6.45) is -6.97. The van der Waals surface area contributed by atoms with Crippen LogP contribution in [0.15, 0.2) is 42.6 Å². The Kier molecular flexibility index (Phi) is 7.53. The van der Waals surface area contributed by atoms with Gasteiger partial charge in [-0.1, -0.05) is 26.0 Å². The molecule has 30 heavy (non-hydrogen) atoms. The number of carbonyl (C=O) groups is 2. The number of ketones is 1. The first kappa shape index (κ1) is 23.3. The molecule has 0 bridgehead atoms. The number of benzene rings is 1. The molecule has 2 rings (SSSR count). The van der Waals surface area contributed by atoms with Gasteiger partial charge in [-0.15, -0.1) is 0 Å². The first-order valence-corrected chi connectivity index (χ1v) is 9.23. The van der Waals surface area contributed by atoms with Crippen LogP contribution in [0.5, 0.6) is 5.75 Å². The number of amides is 1. The molecule has 0 radical (unpaired) electrons. The summed E-state index contributed by atoms with van der Waals surface area (Å²) in [5.41, 5.74) is 1.36. The number of hydrogen-bond acceptors (Lipinski definition) is 4. The minimum Gasteiger partial charge on any atom is -0.428 e. The van der Waals surface area contributed by atoms with Crippen LogP contribution in [0, 0.1) is 5.92 Å². The van der Waals surface area contributed by atoms with Crippen molar-refractivity contribution in [2.24, 2.45) is 5.92 Å². The summed E-state index contributed by atoms with van der Waals surface area (Å²) < 4.78 is 54.3. The van der Waals surface area contributed by atoms with Gasteiger partial charge in [-0.05, 0) is 36.8 Å². The summed E-state index contributed by atoms with van der Waals surface area (Å²) in [4.78, 5) is 28.5. The van der Waals surface area contributed by atoms with Gasteiger partial charge < -0.3 is 10.1 Å². The molecule has 1 aromatic carbocycles. The van der Waals surface area contributed by atoms with Crippen molar-refractivity contribution in [3.8, 4) is 5.75 Å². The van der Waals surface area contributed by atoms with E-state index in [1.165, 1.54) is 30.5 Å². The molecule has 0 aliphatic rings. The number of nitrogens with zero attached hydrogens (tertiary/aromatic N) is 1. The van der Waals surface area contributed by atoms with E-state index in [4.69, 9.17) is 0 Å². The number of aromatic nitrogens is 1. The molecular weight excluding hydrogens is 404 g/mol. The topological polar surface area (TPSA) is 68.3 Å². The molecule has 0 spiro atoms. The third-order valence-corrected chi connectivity index (χ3v) is 4.31. The second-order valence-corrected chi connectivity index (χ2v) is 7.06. The van der Waals surface area contributed by atoms with Crippen LogP contribution < -0.4 is 10.1 Å². The quantitative estimate of drug-likeness (QED) is 0.596. The van der Waals surface area contributed by atoms with Crippen molar-refractivity contribution in [1.29, 1.82) is 0 Å². The Hall–Kier alpha value is -2.97. The molecule has 5 nitrogen and oxygen atoms in total. The smallest absolute Gasteiger partial charge is 0.428 e. The highest BCUT2D eigenvalue weighted by atomic mass is 19.3. The van der Waals surface area contributed by atoms with E-state index in [2.05, 4.69) is 15.0 Å². The Labute approximate surface area is 171 Å². The van der Waals surface area contributed by atoms with E-state index in [0.717, 1.165) is 12.1 Å². The monoisotopic (exact) mass is 426 g/mol. The van der Waals surface area contributed by atoms with Gasteiger partial charge in [0.25, 0.3) is 5.91 Å². The molecule has 1 unspecified atom stereocenters. The lowest BCUT2D eigenvalue weighted by Gasteiger charge is -2.18. The van der Waals surface area contributed by atoms with Gasteiger partial charge in [0.2, 0.25) is 0 Å². The van der Waals surface area contributed by atoms with Gasteiger partial charge in [0.05, 0.1) is 6.04 Å². The second-order valence-electron chi connectivity index (χ2n) is 7.06. The highest BCUT2D eigenvalue weighted by molar-refractivity contribution is 5.94. The average Bonchev–Trinajstić information content (AvgIpc) is 2.68. The van der Waals surface area contributed by atoms with E-state index in [1.807, 2.05) is 0 Å². The summed E-state index contributed by atoms with van der Waals surface area (Å²) in [6.45, 7) is 5.24. The third kappa shape index (κ3) is 6.27. The van der Waals surface area contributed by atoms with E-state index in [0.29, 0.717) is 16.8 Å². The van der Waals surface area contributed by atoms with Gasteiger partial charge in [0.1, 0.15) is 11.5 Å². The molecule has 0 saturated heterocycles. The maximum atomic E-state index is 13.0. The zero-order valence-electron chi connectivity index (χ0n) is 16.7. The van der Waals surface area contributed by atoms with Crippen molar-refractivity contribution < 1.29 is 31.9 Å². The Bertz CT molecular complexity index is 886. The SMILES string of the molecule is CC(C)C(=O)Cc1cc(C(=O)NC(C)c2ccc(OC(F)(F)C(F)F)cc2)ccn1. The van der Waals surface area contributed by atoms with Crippen LogP contribution in [0.4, 0.5) is 17.6 Å². The first-order chi connectivity index (χ1) is 14.0. The summed E-state index contributed by atoms with van der Waals surface area (Å²) in [5, 5.41) is 2.74. The highest BCUT2D eigenvalue weighted by Crippen LogP contribution is 2.28. The van der Waals surface area contributed by atoms with Gasteiger partial charge >= 0.3 is 12.5 Å². The number of pyridine rings is 1. The summed E-state index contributed by atoms with van der Waals surface area (Å²) in [6, 6.07) is 7.56. The molecule has 162 valence electrons. The predicted octanol–water partition coefficient (Wildman–Crippen LogP) is 4.58. The molecule has 9 heteroatoms. The third-order valence-electron chi connectivity index (χ3n) is 4.31. The van der Waals surface area contributed by atoms with Crippen molar-refractivity contribution in [1.82, 2.24) is 10.3 Å². The van der Waals surface area contributed by atoms with Gasteiger partial charge in [0, 0.05) is 29.8 Å². The lowest BCUT2D eigenvalue weighted by atomic mass is 10.0. The van der Waals surface area contributed by atoms with E-state index < -0.39 is 30.2 Å². The van der Waals surface area contributed by atoms with Gasteiger partial charge in [-0.25, -0.2) is 0 Å². The van der Waals surface area contributed by atoms with Crippen molar-refractivity contribution in [3.05, 3.63) is 59.4 Å². The molecule has 1 N–H and O–H groups in total. The maximum absolute atomic E-state index is 13.0. The van der Waals surface area contributed by atoms with Crippen LogP contribution in [0.25, 0.3) is 0 Å². The predicted molar refractivity (Wildman–Crippen MR) is 102 cm³/mol. The first-order valence-electron chi connectivity index (χ1n) is 9.23. The largest absolute Gasteiger partial charge is 0.461 e. The fourth-order valence-electron chi connectivity index (χ4n) is 2.49. The normalized spacial score (nSPS) is 12.7. The second kappa shape index (κ2) is 9.69. The van der Waals surface area contributed by atoms with Crippen LogP contribution in [0.3, 0.4) is 0 Å². The van der Waals surface area contributed by atoms with Gasteiger partial charge in [-0.2, -0.15) is 17.6 Å². The number of carbonyl (C=O) groups excluding carboxylic acids is 2. The van der Waals surface area contributed by atoms with Gasteiger partial charge in [-0.3, -0.25) is 14.6 Å². The van der Waals surface area contributed by atoms with Crippen LogP contribution in [0.1, 0.15) is 48.4 Å². The van der Waals surface area contributed by atoms with Crippen molar-refractivity contribution in [2.75, 3.05) is 0 Å². The Morgan fingerprint density at radius 2 is 1.73 bits per heavy atom. The molecule has 0 aliphatic heterocycles. The number of rotatable bonds is 9. The molecule has 0 fully saturated rings. The number of nitrogens with one attached hydrogen (secondary N) is 1. The standard InChI is InChI=1S/C21H22F4N2O3/c1-12(2)18(28)11-16-10-15(8-9-26-16)19(29)27-13(3)14-4-6-17(7-5-14)30-21(24,25)20(22)23/h4-10,12-13,20H,11H2,1-3H3,(H,27,29). The number of halogens is 4. The molecular formula is C21H22F4N2O3. The van der Waals surface area contributed by atoms with Crippen LogP contribution in [0.2, 0.25) is 0 Å². The van der Waals surface area contributed by atoms with Crippen molar-refractivity contribution in [3.63, 3.8) is 0 Å². The minimum absolute atomic E-state index is 0.00755. The molecule has 1 aromatic heterocycles. The molecule has 0 aliphatic carbocycles. The maximum Gasteiger partial charge on any atom is 0.461 e. The Morgan fingerprint density at radius 1 is 1.10 bits per heavy atom. The van der Waals surface area contributed by atoms with E-state index in [-0.39, 0.29) is 18.1 Å². The van der Waals surface area contributed by atoms with Crippen LogP contribution in [-0.4, -0.2) is 29.2 Å². The number of hydrogen-bond donors (Lipinski definition) is 1. The fourth-order valence-corrected chi connectivity index (χ4v) is 2.49. The Morgan fingerprint density at radius 3 is 2.30 bits per heavy atom. The van der Waals surface area contributed by atoms with E-state index in [1.54, 1.807) is 20.8 Å². The van der Waals surface area contributed by atoms with Crippen molar-refractivity contribution in [2.45, 2.75) is 45.8 Å². The molecule has 0 saturated carbocycles. The minimum atomic E-state index is -4.59. The van der Waals surface area contributed by atoms with Crippen LogP contribution >= 0.6 is 0 Å². The fraction of sp³-hybridized carbons (Fsp3) is 0.381. The lowest BCUT2D eigenvalue weighted by Crippen LogP contribution is -2.33. The zero-order chi connectivity index (χ0) is 22.5. The Balaban J connectivity index is 2.03. The van der Waals surface area contributed by atoms with Crippen LogP contribution in [-0.2, 0) is 11.2 Å². The summed E-state index contributed by atoms with van der Waals surface area (Å²) in [5.74, 6) is -0.964. The zero-order valence-corrected chi connectivity index (χ0v) is 16.7. The molecule has 1 heterocycles. The number of ether oxygens (including phenoxy) is 1. The molecule has 1 amide bonds. The molecule has 1 atom stereocenters. The summed E-state index contributed by atoms with van der Waals surface area (Å²) >= 11 is 0. The van der Waals surface area contributed by atoms with Gasteiger partial charge in [0.15, 0.2) is 0 Å². The van der Waals surface area contributed by atoms with E-state index in [9.17, 15) is 27.2 Å².